The Labute approximate surface area is 214 Å². The Balaban J connectivity index is 1.67. The van der Waals surface area contributed by atoms with Crippen LogP contribution in [-0.2, 0) is 29.1 Å². The van der Waals surface area contributed by atoms with Crippen LogP contribution in [0.1, 0.15) is 28.3 Å². The molecule has 0 unspecified atom stereocenters. The minimum atomic E-state index is -0.891. The lowest BCUT2D eigenvalue weighted by Crippen LogP contribution is -2.43. The minimum Gasteiger partial charge on any atom is -0.350 e. The Kier molecular flexibility index (Phi) is 8.42. The summed E-state index contributed by atoms with van der Waals surface area (Å²) < 4.78 is 13.6. The Morgan fingerprint density at radius 2 is 1.47 bits per heavy atom. The van der Waals surface area contributed by atoms with Crippen LogP contribution >= 0.6 is 11.6 Å². The largest absolute Gasteiger partial charge is 0.350 e. The number of amides is 2. The van der Waals surface area contributed by atoms with Crippen molar-refractivity contribution in [3.63, 3.8) is 0 Å². The van der Waals surface area contributed by atoms with Crippen molar-refractivity contribution in [1.29, 1.82) is 0 Å². The van der Waals surface area contributed by atoms with E-state index in [1.165, 1.54) is 12.1 Å². The fourth-order valence-corrected chi connectivity index (χ4v) is 4.01. The van der Waals surface area contributed by atoms with Crippen molar-refractivity contribution >= 4 is 23.4 Å². The summed E-state index contributed by atoms with van der Waals surface area (Å²) in [5.74, 6) is -0.924. The molecule has 3 aromatic carbocycles. The molecule has 0 aliphatic carbocycles. The van der Waals surface area contributed by atoms with Gasteiger partial charge in [0.15, 0.2) is 0 Å². The van der Waals surface area contributed by atoms with E-state index in [1.807, 2.05) is 42.5 Å². The molecule has 0 fully saturated rings. The number of halogens is 2. The van der Waals surface area contributed by atoms with Gasteiger partial charge in [0.05, 0.1) is 6.42 Å². The van der Waals surface area contributed by atoms with Crippen LogP contribution in [0, 0.1) is 5.82 Å². The van der Waals surface area contributed by atoms with Crippen LogP contribution in [0.2, 0.25) is 5.02 Å². The lowest BCUT2D eigenvalue weighted by Gasteiger charge is -2.32. The number of rotatable bonds is 9. The van der Waals surface area contributed by atoms with Crippen LogP contribution in [0.25, 0.3) is 0 Å². The van der Waals surface area contributed by atoms with Crippen molar-refractivity contribution in [2.45, 2.75) is 25.6 Å². The lowest BCUT2D eigenvalue weighted by atomic mass is 10.0. The number of carbonyl (C=O) groups excluding carboxylic acids is 2. The van der Waals surface area contributed by atoms with Gasteiger partial charge in [-0.15, -0.1) is 0 Å². The highest BCUT2D eigenvalue weighted by atomic mass is 35.5. The first-order chi connectivity index (χ1) is 17.5. The van der Waals surface area contributed by atoms with Crippen LogP contribution in [0.5, 0.6) is 0 Å². The van der Waals surface area contributed by atoms with E-state index >= 15 is 0 Å². The van der Waals surface area contributed by atoms with E-state index in [0.29, 0.717) is 22.7 Å². The van der Waals surface area contributed by atoms with Crippen LogP contribution in [-0.4, -0.2) is 21.7 Å². The highest BCUT2D eigenvalue weighted by Gasteiger charge is 2.31. The minimum absolute atomic E-state index is 0.0827. The zero-order valence-electron chi connectivity index (χ0n) is 19.5. The van der Waals surface area contributed by atoms with E-state index in [1.54, 1.807) is 53.7 Å². The Morgan fingerprint density at radius 1 is 0.833 bits per heavy atom. The standard InChI is InChI=1S/C29H25ClFN3O2/c30-25-10-6-21(7-11-25)18-27(35)34(20-23-8-12-26(31)13-9-23)28(24-4-2-1-3-5-24)29(36)33-19-22-14-16-32-17-15-22/h1-17,28H,18-20H2,(H,33,36)/t28-/m0/s1. The number of pyridine rings is 1. The summed E-state index contributed by atoms with van der Waals surface area (Å²) in [5, 5.41) is 3.54. The maximum absolute atomic E-state index is 13.7. The van der Waals surface area contributed by atoms with E-state index in [9.17, 15) is 14.0 Å². The second kappa shape index (κ2) is 12.1. The highest BCUT2D eigenvalue weighted by Crippen LogP contribution is 2.25. The highest BCUT2D eigenvalue weighted by molar-refractivity contribution is 6.30. The van der Waals surface area contributed by atoms with Crippen LogP contribution in [0.15, 0.2) is 103 Å². The van der Waals surface area contributed by atoms with Gasteiger partial charge in [0.25, 0.3) is 0 Å². The molecule has 1 aromatic heterocycles. The van der Waals surface area contributed by atoms with Crippen molar-refractivity contribution in [3.05, 3.63) is 136 Å². The van der Waals surface area contributed by atoms with Gasteiger partial charge in [0, 0.05) is 30.5 Å². The maximum atomic E-state index is 13.7. The quantitative estimate of drug-likeness (QED) is 0.329. The maximum Gasteiger partial charge on any atom is 0.247 e. The molecule has 0 saturated heterocycles. The fraction of sp³-hybridized carbons (Fsp3) is 0.138. The van der Waals surface area contributed by atoms with Crippen LogP contribution in [0.3, 0.4) is 0 Å². The van der Waals surface area contributed by atoms with Gasteiger partial charge in [-0.1, -0.05) is 66.2 Å². The smallest absolute Gasteiger partial charge is 0.247 e. The molecule has 4 aromatic rings. The molecule has 0 aliphatic rings. The van der Waals surface area contributed by atoms with Gasteiger partial charge < -0.3 is 10.2 Å². The fourth-order valence-electron chi connectivity index (χ4n) is 3.88. The first-order valence-electron chi connectivity index (χ1n) is 11.5. The summed E-state index contributed by atoms with van der Waals surface area (Å²) >= 11 is 6.01. The summed E-state index contributed by atoms with van der Waals surface area (Å²) in [6.45, 7) is 0.426. The molecule has 4 rings (SSSR count). The number of nitrogens with one attached hydrogen (secondary N) is 1. The summed E-state index contributed by atoms with van der Waals surface area (Å²) in [4.78, 5) is 32.8. The predicted molar refractivity (Wildman–Crippen MR) is 137 cm³/mol. The molecule has 5 nitrogen and oxygen atoms in total. The molecule has 0 spiro atoms. The zero-order valence-corrected chi connectivity index (χ0v) is 20.2. The number of benzene rings is 3. The normalized spacial score (nSPS) is 11.5. The van der Waals surface area contributed by atoms with Gasteiger partial charge in [-0.2, -0.15) is 0 Å². The molecular weight excluding hydrogens is 477 g/mol. The molecule has 1 heterocycles. The van der Waals surface area contributed by atoms with Gasteiger partial charge in [-0.05, 0) is 58.7 Å². The molecule has 0 bridgehead atoms. The summed E-state index contributed by atoms with van der Waals surface area (Å²) in [6.07, 6.45) is 3.40. The monoisotopic (exact) mass is 501 g/mol. The summed E-state index contributed by atoms with van der Waals surface area (Å²) in [6, 6.07) is 24.9. The zero-order chi connectivity index (χ0) is 25.3. The lowest BCUT2D eigenvalue weighted by molar-refractivity contribution is -0.141. The molecule has 36 heavy (non-hydrogen) atoms. The van der Waals surface area contributed by atoms with Gasteiger partial charge in [0.1, 0.15) is 11.9 Å². The van der Waals surface area contributed by atoms with E-state index in [2.05, 4.69) is 10.3 Å². The SMILES string of the molecule is O=C(NCc1ccncc1)[C@H](c1ccccc1)N(Cc1ccc(F)cc1)C(=O)Cc1ccc(Cl)cc1. The van der Waals surface area contributed by atoms with E-state index < -0.39 is 6.04 Å². The average Bonchev–Trinajstić information content (AvgIpc) is 2.91. The van der Waals surface area contributed by atoms with Crippen molar-refractivity contribution < 1.29 is 14.0 Å². The van der Waals surface area contributed by atoms with Crippen LogP contribution < -0.4 is 5.32 Å². The van der Waals surface area contributed by atoms with Gasteiger partial charge >= 0.3 is 0 Å². The Hall–Kier alpha value is -4.03. The van der Waals surface area contributed by atoms with E-state index in [4.69, 9.17) is 11.6 Å². The average molecular weight is 502 g/mol. The molecule has 182 valence electrons. The van der Waals surface area contributed by atoms with Gasteiger partial charge in [-0.25, -0.2) is 4.39 Å². The molecule has 1 N–H and O–H groups in total. The van der Waals surface area contributed by atoms with E-state index in [-0.39, 0.29) is 30.6 Å². The first kappa shape index (κ1) is 25.1. The topological polar surface area (TPSA) is 62.3 Å². The molecule has 0 aliphatic heterocycles. The first-order valence-corrected chi connectivity index (χ1v) is 11.9. The van der Waals surface area contributed by atoms with Crippen molar-refractivity contribution in [3.8, 4) is 0 Å². The summed E-state index contributed by atoms with van der Waals surface area (Å²) in [5.41, 5.74) is 3.06. The third kappa shape index (κ3) is 6.77. The number of hydrogen-bond acceptors (Lipinski definition) is 3. The number of hydrogen-bond donors (Lipinski definition) is 1. The van der Waals surface area contributed by atoms with Crippen molar-refractivity contribution in [2.24, 2.45) is 0 Å². The molecule has 0 radical (unpaired) electrons. The van der Waals surface area contributed by atoms with E-state index in [0.717, 1.165) is 11.1 Å². The molecular formula is C29H25ClFN3O2. The van der Waals surface area contributed by atoms with Gasteiger partial charge in [0.2, 0.25) is 11.8 Å². The van der Waals surface area contributed by atoms with Gasteiger partial charge in [-0.3, -0.25) is 14.6 Å². The third-order valence-electron chi connectivity index (χ3n) is 5.75. The van der Waals surface area contributed by atoms with Crippen molar-refractivity contribution in [2.75, 3.05) is 0 Å². The Morgan fingerprint density at radius 3 is 2.14 bits per heavy atom. The summed E-state index contributed by atoms with van der Waals surface area (Å²) in [7, 11) is 0. The Bertz CT molecular complexity index is 1280. The molecule has 7 heteroatoms. The second-order valence-electron chi connectivity index (χ2n) is 8.34. The molecule has 2 amide bonds. The van der Waals surface area contributed by atoms with Crippen LogP contribution in [0.4, 0.5) is 4.39 Å². The number of aromatic nitrogens is 1. The second-order valence-corrected chi connectivity index (χ2v) is 8.77. The molecule has 1 atom stereocenters. The predicted octanol–water partition coefficient (Wildman–Crippen LogP) is 5.50. The van der Waals surface area contributed by atoms with Crippen molar-refractivity contribution in [1.82, 2.24) is 15.2 Å². The third-order valence-corrected chi connectivity index (χ3v) is 6.00. The molecule has 0 saturated carbocycles. The number of carbonyl (C=O) groups is 2. The number of nitrogens with zero attached hydrogens (tertiary/aromatic N) is 2.